The van der Waals surface area contributed by atoms with E-state index in [-0.39, 0.29) is 10.6 Å². The van der Waals surface area contributed by atoms with Crippen molar-refractivity contribution in [2.45, 2.75) is 13.5 Å². The van der Waals surface area contributed by atoms with Gasteiger partial charge >= 0.3 is 11.9 Å². The number of anilines is 1. The number of benzene rings is 2. The molecule has 0 fully saturated rings. The molecular weight excluding hydrogens is 406 g/mol. The molecule has 156 valence electrons. The number of hydrogen-bond donors (Lipinski definition) is 3. The molecule has 2 aromatic carbocycles. The van der Waals surface area contributed by atoms with Crippen molar-refractivity contribution in [3.63, 3.8) is 0 Å². The average Bonchev–Trinajstić information content (AvgIpc) is 3.07. The number of carboxylic acid groups (broad SMARTS) is 2. The van der Waals surface area contributed by atoms with E-state index in [2.05, 4.69) is 5.32 Å². The van der Waals surface area contributed by atoms with Crippen LogP contribution in [0, 0.1) is 6.92 Å². The first-order valence-electron chi connectivity index (χ1n) is 9.08. The molecule has 0 aliphatic rings. The maximum Gasteiger partial charge on any atom is 0.349 e. The van der Waals surface area contributed by atoms with Crippen LogP contribution >= 0.6 is 11.3 Å². The van der Waals surface area contributed by atoms with E-state index in [4.69, 9.17) is 14.6 Å². The second kappa shape index (κ2) is 9.32. The quantitative estimate of drug-likeness (QED) is 0.461. The van der Waals surface area contributed by atoms with E-state index >= 15 is 0 Å². The molecule has 0 radical (unpaired) electrons. The fourth-order valence-electron chi connectivity index (χ4n) is 3.03. The SMILES string of the molecule is COc1ccc(-c2sc(C(=O)O)c(OCC(=O)O)c2C)cc1CNc1ccccc1. The van der Waals surface area contributed by atoms with Crippen LogP contribution in [-0.4, -0.2) is 35.9 Å². The van der Waals surface area contributed by atoms with Crippen molar-refractivity contribution >= 4 is 29.0 Å². The largest absolute Gasteiger partial charge is 0.496 e. The van der Waals surface area contributed by atoms with Crippen LogP contribution in [0.3, 0.4) is 0 Å². The first-order chi connectivity index (χ1) is 14.4. The molecule has 0 amide bonds. The summed E-state index contributed by atoms with van der Waals surface area (Å²) in [5, 5.41) is 21.7. The number of aliphatic carboxylic acids is 1. The molecule has 0 unspecified atom stereocenters. The van der Waals surface area contributed by atoms with E-state index in [1.165, 1.54) is 0 Å². The lowest BCUT2D eigenvalue weighted by Gasteiger charge is -2.13. The van der Waals surface area contributed by atoms with Gasteiger partial charge in [-0.15, -0.1) is 11.3 Å². The maximum atomic E-state index is 11.6. The van der Waals surface area contributed by atoms with E-state index in [1.54, 1.807) is 14.0 Å². The Labute approximate surface area is 177 Å². The normalized spacial score (nSPS) is 10.5. The highest BCUT2D eigenvalue weighted by molar-refractivity contribution is 7.18. The molecule has 0 spiro atoms. The highest BCUT2D eigenvalue weighted by Gasteiger charge is 2.23. The Morgan fingerprint density at radius 3 is 2.47 bits per heavy atom. The van der Waals surface area contributed by atoms with Crippen LogP contribution in [0.1, 0.15) is 20.8 Å². The van der Waals surface area contributed by atoms with Crippen molar-refractivity contribution in [1.29, 1.82) is 0 Å². The third-order valence-electron chi connectivity index (χ3n) is 4.43. The van der Waals surface area contributed by atoms with Crippen molar-refractivity contribution in [3.8, 4) is 21.9 Å². The van der Waals surface area contributed by atoms with Gasteiger partial charge in [0.05, 0.1) is 7.11 Å². The number of methoxy groups -OCH3 is 1. The van der Waals surface area contributed by atoms with Gasteiger partial charge in [-0.3, -0.25) is 0 Å². The molecule has 1 aromatic heterocycles. The lowest BCUT2D eigenvalue weighted by atomic mass is 10.1. The van der Waals surface area contributed by atoms with Gasteiger partial charge in [-0.05, 0) is 42.8 Å². The van der Waals surface area contributed by atoms with Crippen LogP contribution in [-0.2, 0) is 11.3 Å². The minimum Gasteiger partial charge on any atom is -0.496 e. The fraction of sp³-hybridized carbons (Fsp3) is 0.182. The van der Waals surface area contributed by atoms with Crippen LogP contribution in [0.4, 0.5) is 5.69 Å². The molecule has 0 saturated heterocycles. The third-order valence-corrected chi connectivity index (χ3v) is 5.74. The Morgan fingerprint density at radius 2 is 1.83 bits per heavy atom. The Morgan fingerprint density at radius 1 is 1.10 bits per heavy atom. The molecule has 8 heteroatoms. The molecule has 0 bridgehead atoms. The number of aromatic carboxylic acids is 1. The second-order valence-corrected chi connectivity index (χ2v) is 7.47. The molecule has 7 nitrogen and oxygen atoms in total. The highest BCUT2D eigenvalue weighted by Crippen LogP contribution is 2.42. The minimum absolute atomic E-state index is 0.0245. The number of nitrogens with one attached hydrogen (secondary N) is 1. The number of para-hydroxylation sites is 1. The molecule has 0 aliphatic heterocycles. The first kappa shape index (κ1) is 21.2. The zero-order chi connectivity index (χ0) is 21.7. The summed E-state index contributed by atoms with van der Waals surface area (Å²) >= 11 is 1.06. The van der Waals surface area contributed by atoms with E-state index in [0.717, 1.165) is 28.2 Å². The summed E-state index contributed by atoms with van der Waals surface area (Å²) in [5.41, 5.74) is 3.26. The van der Waals surface area contributed by atoms with Crippen molar-refractivity contribution < 1.29 is 29.3 Å². The summed E-state index contributed by atoms with van der Waals surface area (Å²) in [4.78, 5) is 23.2. The molecule has 3 aromatic rings. The molecule has 0 atom stereocenters. The van der Waals surface area contributed by atoms with E-state index in [1.807, 2.05) is 48.5 Å². The molecule has 30 heavy (non-hydrogen) atoms. The first-order valence-corrected chi connectivity index (χ1v) is 9.89. The summed E-state index contributed by atoms with van der Waals surface area (Å²) in [6.07, 6.45) is 0. The van der Waals surface area contributed by atoms with Gasteiger partial charge in [-0.25, -0.2) is 9.59 Å². The van der Waals surface area contributed by atoms with Crippen LogP contribution in [0.2, 0.25) is 0 Å². The predicted molar refractivity (Wildman–Crippen MR) is 115 cm³/mol. The van der Waals surface area contributed by atoms with Gasteiger partial charge in [0.1, 0.15) is 11.5 Å². The molecule has 3 N–H and O–H groups in total. The van der Waals surface area contributed by atoms with Gasteiger partial charge in [0.25, 0.3) is 0 Å². The van der Waals surface area contributed by atoms with E-state index in [0.29, 0.717) is 22.7 Å². The zero-order valence-electron chi connectivity index (χ0n) is 16.5. The van der Waals surface area contributed by atoms with Gasteiger partial charge in [0, 0.05) is 28.2 Å². The molecule has 3 rings (SSSR count). The van der Waals surface area contributed by atoms with Gasteiger partial charge in [0.15, 0.2) is 11.5 Å². The Hall–Kier alpha value is -3.52. The minimum atomic E-state index is -1.17. The maximum absolute atomic E-state index is 11.6. The topological polar surface area (TPSA) is 105 Å². The average molecular weight is 427 g/mol. The molecular formula is C22H21NO6S. The molecule has 0 saturated carbocycles. The standard InChI is InChI=1S/C22H21NO6S/c1-13-19(29-12-18(24)25)21(22(26)27)30-20(13)14-8-9-17(28-2)15(10-14)11-23-16-6-4-3-5-7-16/h3-10,23H,11-12H2,1-2H3,(H,24,25)(H,26,27). The van der Waals surface area contributed by atoms with E-state index < -0.39 is 18.5 Å². The lowest BCUT2D eigenvalue weighted by Crippen LogP contribution is -2.11. The zero-order valence-corrected chi connectivity index (χ0v) is 17.3. The monoisotopic (exact) mass is 427 g/mol. The Kier molecular flexibility index (Phi) is 6.58. The fourth-order valence-corrected chi connectivity index (χ4v) is 4.12. The van der Waals surface area contributed by atoms with Crippen molar-refractivity contribution in [2.24, 2.45) is 0 Å². The van der Waals surface area contributed by atoms with E-state index in [9.17, 15) is 14.7 Å². The third kappa shape index (κ3) is 4.72. The number of carboxylic acids is 2. The predicted octanol–water partition coefficient (Wildman–Crippen LogP) is 4.51. The van der Waals surface area contributed by atoms with Gasteiger partial charge in [0.2, 0.25) is 0 Å². The summed E-state index contributed by atoms with van der Waals surface area (Å²) in [6, 6.07) is 15.4. The number of hydrogen-bond acceptors (Lipinski definition) is 6. The summed E-state index contributed by atoms with van der Waals surface area (Å²) in [7, 11) is 1.60. The van der Waals surface area contributed by atoms with Crippen molar-refractivity contribution in [3.05, 3.63) is 64.5 Å². The number of carbonyl (C=O) groups is 2. The summed E-state index contributed by atoms with van der Waals surface area (Å²) in [6.45, 7) is 1.63. The molecule has 0 aliphatic carbocycles. The Balaban J connectivity index is 1.96. The smallest absolute Gasteiger partial charge is 0.349 e. The van der Waals surface area contributed by atoms with Crippen LogP contribution < -0.4 is 14.8 Å². The van der Waals surface area contributed by atoms with Gasteiger partial charge in [-0.2, -0.15) is 0 Å². The number of rotatable bonds is 9. The van der Waals surface area contributed by atoms with Gasteiger partial charge < -0.3 is 25.0 Å². The van der Waals surface area contributed by atoms with Crippen LogP contribution in [0.25, 0.3) is 10.4 Å². The van der Waals surface area contributed by atoms with Gasteiger partial charge in [-0.1, -0.05) is 18.2 Å². The number of thiophene rings is 1. The summed E-state index contributed by atoms with van der Waals surface area (Å²) in [5.74, 6) is -1.53. The van der Waals surface area contributed by atoms with Crippen LogP contribution in [0.5, 0.6) is 11.5 Å². The highest BCUT2D eigenvalue weighted by atomic mass is 32.1. The lowest BCUT2D eigenvalue weighted by molar-refractivity contribution is -0.139. The van der Waals surface area contributed by atoms with Crippen molar-refractivity contribution in [2.75, 3.05) is 19.0 Å². The number of ether oxygens (including phenoxy) is 2. The Bertz CT molecular complexity index is 1060. The van der Waals surface area contributed by atoms with Crippen molar-refractivity contribution in [1.82, 2.24) is 0 Å². The second-order valence-electron chi connectivity index (χ2n) is 6.45. The molecule has 1 heterocycles. The van der Waals surface area contributed by atoms with Crippen LogP contribution in [0.15, 0.2) is 48.5 Å². The summed E-state index contributed by atoms with van der Waals surface area (Å²) < 4.78 is 10.7.